The fourth-order valence-corrected chi connectivity index (χ4v) is 3.37. The second kappa shape index (κ2) is 5.18. The first-order chi connectivity index (χ1) is 8.05. The molecule has 2 unspecified atom stereocenters. The molecule has 0 radical (unpaired) electrons. The molecular formula is C16H30NSi+. The average Bonchev–Trinajstić information content (AvgIpc) is 2.24. The van der Waals surface area contributed by atoms with Crippen molar-refractivity contribution in [3.8, 4) is 0 Å². The van der Waals surface area contributed by atoms with Gasteiger partial charge in [-0.3, -0.25) is 0 Å². The molecule has 102 valence electrons. The predicted molar refractivity (Wildman–Crippen MR) is 84.7 cm³/mol. The zero-order valence-corrected chi connectivity index (χ0v) is 14.4. The molecule has 0 aliphatic rings. The lowest BCUT2D eigenvalue weighted by molar-refractivity contribution is -0.900. The van der Waals surface area contributed by atoms with E-state index in [1.54, 1.807) is 5.56 Å². The van der Waals surface area contributed by atoms with E-state index in [2.05, 4.69) is 78.9 Å². The van der Waals surface area contributed by atoms with Gasteiger partial charge in [-0.2, -0.15) is 0 Å². The van der Waals surface area contributed by atoms with Crippen molar-refractivity contribution < 1.29 is 4.48 Å². The molecule has 0 heterocycles. The number of benzene rings is 1. The fourth-order valence-electron chi connectivity index (χ4n) is 2.17. The summed E-state index contributed by atoms with van der Waals surface area (Å²) in [5, 5.41) is 0. The Morgan fingerprint density at radius 1 is 0.889 bits per heavy atom. The molecule has 0 amide bonds. The molecule has 0 aliphatic carbocycles. The molecule has 0 aliphatic heterocycles. The second-order valence-corrected chi connectivity index (χ2v) is 13.1. The molecule has 0 saturated heterocycles. The summed E-state index contributed by atoms with van der Waals surface area (Å²) in [4.78, 5) is 0. The van der Waals surface area contributed by atoms with E-state index in [1.807, 2.05) is 0 Å². The highest BCUT2D eigenvalue weighted by Crippen LogP contribution is 2.34. The van der Waals surface area contributed by atoms with E-state index in [4.69, 9.17) is 0 Å². The number of quaternary nitrogens is 1. The lowest BCUT2D eigenvalue weighted by atomic mass is 9.97. The summed E-state index contributed by atoms with van der Waals surface area (Å²) < 4.78 is 0.982. The SMILES string of the molecule is CC(c1ccccc1C(C)[Si](C)(C)C)[N+](C)(C)C. The van der Waals surface area contributed by atoms with E-state index < -0.39 is 8.07 Å². The van der Waals surface area contributed by atoms with Crippen LogP contribution in [0.3, 0.4) is 0 Å². The minimum atomic E-state index is -1.14. The summed E-state index contributed by atoms with van der Waals surface area (Å²) in [6.07, 6.45) is 0. The molecule has 18 heavy (non-hydrogen) atoms. The molecular weight excluding hydrogens is 234 g/mol. The van der Waals surface area contributed by atoms with Crippen LogP contribution < -0.4 is 0 Å². The topological polar surface area (TPSA) is 0 Å². The lowest BCUT2D eigenvalue weighted by Crippen LogP contribution is -2.38. The van der Waals surface area contributed by atoms with Gasteiger partial charge in [0.25, 0.3) is 0 Å². The summed E-state index contributed by atoms with van der Waals surface area (Å²) in [7, 11) is 5.69. The number of nitrogens with zero attached hydrogens (tertiary/aromatic N) is 1. The molecule has 0 spiro atoms. The maximum Gasteiger partial charge on any atom is 0.111 e. The van der Waals surface area contributed by atoms with Crippen LogP contribution in [-0.4, -0.2) is 33.7 Å². The van der Waals surface area contributed by atoms with Gasteiger partial charge in [0, 0.05) is 5.56 Å². The van der Waals surface area contributed by atoms with Gasteiger partial charge in [-0.15, -0.1) is 0 Å². The smallest absolute Gasteiger partial charge is 0.111 e. The Bertz CT molecular complexity index is 359. The van der Waals surface area contributed by atoms with Crippen molar-refractivity contribution >= 4 is 8.07 Å². The molecule has 1 rings (SSSR count). The highest BCUT2D eigenvalue weighted by Gasteiger charge is 2.30. The van der Waals surface area contributed by atoms with Crippen LogP contribution in [-0.2, 0) is 0 Å². The van der Waals surface area contributed by atoms with E-state index in [-0.39, 0.29) is 0 Å². The minimum absolute atomic E-state index is 0.542. The zero-order valence-electron chi connectivity index (χ0n) is 13.4. The van der Waals surface area contributed by atoms with Gasteiger partial charge in [0.2, 0.25) is 0 Å². The third-order valence-corrected chi connectivity index (χ3v) is 7.28. The first kappa shape index (κ1) is 15.5. The molecule has 0 N–H and O–H groups in total. The van der Waals surface area contributed by atoms with Crippen molar-refractivity contribution in [1.82, 2.24) is 0 Å². The highest BCUT2D eigenvalue weighted by molar-refractivity contribution is 6.77. The van der Waals surface area contributed by atoms with Gasteiger partial charge in [-0.05, 0) is 18.0 Å². The molecule has 1 aromatic carbocycles. The van der Waals surface area contributed by atoms with Crippen molar-refractivity contribution in [2.45, 2.75) is 45.1 Å². The maximum atomic E-state index is 2.46. The molecule has 0 bridgehead atoms. The summed E-state index contributed by atoms with van der Waals surface area (Å²) >= 11 is 0. The first-order valence-electron chi connectivity index (χ1n) is 6.95. The van der Waals surface area contributed by atoms with Crippen molar-refractivity contribution in [1.29, 1.82) is 0 Å². The summed E-state index contributed by atoms with van der Waals surface area (Å²) in [5.41, 5.74) is 3.81. The molecule has 2 atom stereocenters. The third-order valence-electron chi connectivity index (χ3n) is 4.37. The van der Waals surface area contributed by atoms with E-state index in [0.29, 0.717) is 11.6 Å². The van der Waals surface area contributed by atoms with Crippen molar-refractivity contribution in [3.63, 3.8) is 0 Å². The van der Waals surface area contributed by atoms with E-state index in [0.717, 1.165) is 4.48 Å². The number of rotatable bonds is 4. The van der Waals surface area contributed by atoms with Gasteiger partial charge in [-0.1, -0.05) is 50.8 Å². The van der Waals surface area contributed by atoms with Gasteiger partial charge in [-0.25, -0.2) is 0 Å². The van der Waals surface area contributed by atoms with Gasteiger partial charge in [0.1, 0.15) is 6.04 Å². The Hall–Kier alpha value is -0.603. The van der Waals surface area contributed by atoms with Crippen LogP contribution in [0.5, 0.6) is 0 Å². The summed E-state index contributed by atoms with van der Waals surface area (Å²) in [5.74, 6) is 0. The summed E-state index contributed by atoms with van der Waals surface area (Å²) in [6, 6.07) is 9.57. The van der Waals surface area contributed by atoms with Crippen LogP contribution in [0.25, 0.3) is 0 Å². The molecule has 1 nitrogen and oxygen atoms in total. The zero-order chi connectivity index (χ0) is 14.1. The number of hydrogen-bond donors (Lipinski definition) is 0. The van der Waals surface area contributed by atoms with Crippen LogP contribution in [0.2, 0.25) is 19.6 Å². The van der Waals surface area contributed by atoms with E-state index in [1.165, 1.54) is 5.56 Å². The van der Waals surface area contributed by atoms with Crippen LogP contribution >= 0.6 is 0 Å². The lowest BCUT2D eigenvalue weighted by Gasteiger charge is -2.35. The van der Waals surface area contributed by atoms with Crippen LogP contribution in [0.4, 0.5) is 0 Å². The molecule has 1 aromatic rings. The average molecular weight is 265 g/mol. The molecule has 0 saturated carbocycles. The second-order valence-electron chi connectivity index (χ2n) is 7.51. The largest absolute Gasteiger partial charge is 0.325 e. The molecule has 0 aromatic heterocycles. The van der Waals surface area contributed by atoms with Crippen molar-refractivity contribution in [2.24, 2.45) is 0 Å². The fraction of sp³-hybridized carbons (Fsp3) is 0.625. The Morgan fingerprint density at radius 3 is 1.72 bits per heavy atom. The normalized spacial score (nSPS) is 16.4. The minimum Gasteiger partial charge on any atom is -0.325 e. The molecule has 0 fully saturated rings. The Labute approximate surface area is 114 Å². The van der Waals surface area contributed by atoms with Gasteiger partial charge in [0.05, 0.1) is 29.2 Å². The highest BCUT2D eigenvalue weighted by atomic mass is 28.3. The standard InChI is InChI=1S/C16H30NSi/c1-13(17(3,4)5)15-11-9-10-12-16(15)14(2)18(6,7)8/h9-14H,1-8H3/q+1. The van der Waals surface area contributed by atoms with Crippen LogP contribution in [0, 0.1) is 0 Å². The predicted octanol–water partition coefficient (Wildman–Crippen LogP) is 4.43. The van der Waals surface area contributed by atoms with Crippen LogP contribution in [0.1, 0.15) is 36.6 Å². The van der Waals surface area contributed by atoms with Crippen molar-refractivity contribution in [2.75, 3.05) is 21.1 Å². The van der Waals surface area contributed by atoms with Gasteiger partial charge >= 0.3 is 0 Å². The first-order valence-corrected chi connectivity index (χ1v) is 10.5. The Kier molecular flexibility index (Phi) is 4.45. The molecule has 2 heteroatoms. The van der Waals surface area contributed by atoms with Crippen molar-refractivity contribution in [3.05, 3.63) is 35.4 Å². The number of hydrogen-bond acceptors (Lipinski definition) is 0. The van der Waals surface area contributed by atoms with Gasteiger partial charge < -0.3 is 4.48 Å². The Morgan fingerprint density at radius 2 is 1.33 bits per heavy atom. The quantitative estimate of drug-likeness (QED) is 0.557. The van der Waals surface area contributed by atoms with Crippen LogP contribution in [0.15, 0.2) is 24.3 Å². The Balaban J connectivity index is 3.23. The van der Waals surface area contributed by atoms with Gasteiger partial charge in [0.15, 0.2) is 0 Å². The van der Waals surface area contributed by atoms with E-state index in [9.17, 15) is 0 Å². The summed E-state index contributed by atoms with van der Waals surface area (Å²) in [6.45, 7) is 12.1. The van der Waals surface area contributed by atoms with E-state index >= 15 is 0 Å². The monoisotopic (exact) mass is 264 g/mol. The maximum absolute atomic E-state index is 2.46. The third kappa shape index (κ3) is 3.45.